The molecule has 3 heteroatoms. The minimum absolute atomic E-state index is 0.607. The summed E-state index contributed by atoms with van der Waals surface area (Å²) in [7, 11) is 2.33. The summed E-state index contributed by atoms with van der Waals surface area (Å²) < 4.78 is 0. The quantitative estimate of drug-likeness (QED) is 0.840. The smallest absolute Gasteiger partial charge is 0.127 e. The molecule has 2 heterocycles. The highest BCUT2D eigenvalue weighted by molar-refractivity contribution is 7.99. The van der Waals surface area contributed by atoms with Crippen LogP contribution in [0.25, 0.3) is 0 Å². The number of fused-ring (bicyclic) bond motifs is 2. The van der Waals surface area contributed by atoms with Gasteiger partial charge in [0.05, 0.1) is 7.05 Å². The molecule has 1 fully saturated rings. The van der Waals surface area contributed by atoms with Crippen molar-refractivity contribution < 1.29 is 9.80 Å². The molecule has 0 amide bonds. The Morgan fingerprint density at radius 3 is 2.58 bits per heavy atom. The number of benzene rings is 2. The zero-order valence-corrected chi connectivity index (χ0v) is 15.6. The molecule has 2 aromatic rings. The van der Waals surface area contributed by atoms with Gasteiger partial charge in [-0.2, -0.15) is 0 Å². The van der Waals surface area contributed by atoms with Crippen LogP contribution in [-0.2, 0) is 12.8 Å². The minimum atomic E-state index is 0.607. The molecule has 4 rings (SSSR count). The average Bonchev–Trinajstić information content (AvgIpc) is 2.79. The lowest BCUT2D eigenvalue weighted by molar-refractivity contribution is -1.02. The number of hydrogen-bond acceptors (Lipinski definition) is 1. The predicted molar refractivity (Wildman–Crippen MR) is 100 cm³/mol. The van der Waals surface area contributed by atoms with Crippen molar-refractivity contribution in [3.05, 3.63) is 59.2 Å². The molecule has 0 saturated carbocycles. The highest BCUT2D eigenvalue weighted by Gasteiger charge is 2.34. The van der Waals surface area contributed by atoms with E-state index >= 15 is 0 Å². The van der Waals surface area contributed by atoms with E-state index in [4.69, 9.17) is 0 Å². The van der Waals surface area contributed by atoms with Crippen LogP contribution in [-0.4, -0.2) is 33.2 Å². The number of piperazine rings is 1. The Balaban J connectivity index is 1.79. The van der Waals surface area contributed by atoms with Gasteiger partial charge in [-0.3, -0.25) is 0 Å². The summed E-state index contributed by atoms with van der Waals surface area (Å²) in [5.41, 5.74) is 4.63. The van der Waals surface area contributed by atoms with Crippen molar-refractivity contribution in [2.24, 2.45) is 0 Å². The van der Waals surface area contributed by atoms with Crippen LogP contribution < -0.4 is 9.80 Å². The SMILES string of the molecule is CCc1cccc2c1Sc1ccccc1C[C@H]2[NH+]1CC[NH+](C)CC1. The molecule has 0 aromatic heterocycles. The molecule has 1 saturated heterocycles. The average molecular weight is 341 g/mol. The highest BCUT2D eigenvalue weighted by atomic mass is 32.2. The van der Waals surface area contributed by atoms with Gasteiger partial charge in [-0.15, -0.1) is 0 Å². The fourth-order valence-corrected chi connectivity index (χ4v) is 5.53. The number of quaternary nitrogens is 2. The summed E-state index contributed by atoms with van der Waals surface area (Å²) in [6.07, 6.45) is 2.30. The van der Waals surface area contributed by atoms with Crippen LogP contribution in [0.15, 0.2) is 52.3 Å². The molecular weight excluding hydrogens is 312 g/mol. The molecule has 0 spiro atoms. The largest absolute Gasteiger partial charge is 0.328 e. The van der Waals surface area contributed by atoms with E-state index in [1.807, 2.05) is 11.8 Å². The lowest BCUT2D eigenvalue weighted by Gasteiger charge is -2.34. The molecule has 24 heavy (non-hydrogen) atoms. The molecule has 0 radical (unpaired) electrons. The fourth-order valence-electron chi connectivity index (χ4n) is 4.20. The van der Waals surface area contributed by atoms with E-state index in [9.17, 15) is 0 Å². The topological polar surface area (TPSA) is 8.88 Å². The maximum absolute atomic E-state index is 2.40. The van der Waals surface area contributed by atoms with E-state index in [1.165, 1.54) is 53.5 Å². The van der Waals surface area contributed by atoms with Crippen LogP contribution >= 0.6 is 11.8 Å². The van der Waals surface area contributed by atoms with Gasteiger partial charge in [-0.25, -0.2) is 0 Å². The molecule has 1 atom stereocenters. The van der Waals surface area contributed by atoms with E-state index in [0.29, 0.717) is 6.04 Å². The summed E-state index contributed by atoms with van der Waals surface area (Å²) in [6.45, 7) is 7.46. The summed E-state index contributed by atoms with van der Waals surface area (Å²) in [5.74, 6) is 0. The standard InChI is InChI=1S/C21H26N2S/c1-3-16-8-6-9-18-19(23-13-11-22(2)12-14-23)15-17-7-4-5-10-20(17)24-21(16)18/h4-10,19H,3,11-15H2,1-2H3/p+2/t19-/m1/s1. The number of likely N-dealkylation sites (N-methyl/N-ethyl adjacent to an activating group) is 1. The Kier molecular flexibility index (Phi) is 4.66. The molecule has 0 aliphatic carbocycles. The van der Waals surface area contributed by atoms with Gasteiger partial charge in [0.25, 0.3) is 0 Å². The summed E-state index contributed by atoms with van der Waals surface area (Å²) in [5, 5.41) is 0. The van der Waals surface area contributed by atoms with Crippen molar-refractivity contribution >= 4 is 11.8 Å². The third-order valence-electron chi connectivity index (χ3n) is 5.73. The van der Waals surface area contributed by atoms with Crippen molar-refractivity contribution in [3.63, 3.8) is 0 Å². The van der Waals surface area contributed by atoms with Crippen LogP contribution in [0.4, 0.5) is 0 Å². The lowest BCUT2D eigenvalue weighted by Crippen LogP contribution is -3.27. The van der Waals surface area contributed by atoms with Gasteiger partial charge >= 0.3 is 0 Å². The third-order valence-corrected chi connectivity index (χ3v) is 7.05. The Hall–Kier alpha value is -1.29. The second-order valence-corrected chi connectivity index (χ2v) is 8.32. The Labute approximate surface area is 149 Å². The van der Waals surface area contributed by atoms with Crippen LogP contribution in [0.2, 0.25) is 0 Å². The van der Waals surface area contributed by atoms with Gasteiger partial charge in [-0.05, 0) is 23.6 Å². The van der Waals surface area contributed by atoms with Crippen molar-refractivity contribution in [2.45, 2.75) is 35.6 Å². The maximum Gasteiger partial charge on any atom is 0.127 e. The van der Waals surface area contributed by atoms with Gasteiger partial charge < -0.3 is 9.80 Å². The first-order chi connectivity index (χ1) is 11.8. The second kappa shape index (κ2) is 6.91. The molecule has 2 N–H and O–H groups in total. The van der Waals surface area contributed by atoms with Crippen LogP contribution in [0.3, 0.4) is 0 Å². The molecule has 2 aliphatic heterocycles. The van der Waals surface area contributed by atoms with Crippen LogP contribution in [0, 0.1) is 0 Å². The molecule has 0 bridgehead atoms. The Morgan fingerprint density at radius 2 is 1.79 bits per heavy atom. The first-order valence-corrected chi connectivity index (χ1v) is 10.1. The van der Waals surface area contributed by atoms with Gasteiger partial charge in [0.15, 0.2) is 0 Å². The minimum Gasteiger partial charge on any atom is -0.328 e. The number of hydrogen-bond donors (Lipinski definition) is 2. The van der Waals surface area contributed by atoms with Crippen molar-refractivity contribution in [2.75, 3.05) is 33.2 Å². The van der Waals surface area contributed by atoms with E-state index < -0.39 is 0 Å². The monoisotopic (exact) mass is 340 g/mol. The zero-order chi connectivity index (χ0) is 16.5. The molecule has 126 valence electrons. The lowest BCUT2D eigenvalue weighted by atomic mass is 9.95. The number of rotatable bonds is 2. The molecule has 2 nitrogen and oxygen atoms in total. The van der Waals surface area contributed by atoms with Gasteiger partial charge in [0, 0.05) is 21.8 Å². The Morgan fingerprint density at radius 1 is 1.00 bits per heavy atom. The zero-order valence-electron chi connectivity index (χ0n) is 14.8. The number of aryl methyl sites for hydroxylation is 1. The van der Waals surface area contributed by atoms with Crippen molar-refractivity contribution in [3.8, 4) is 0 Å². The van der Waals surface area contributed by atoms with Gasteiger partial charge in [-0.1, -0.05) is 55.1 Å². The normalized spacial score (nSPS) is 26.3. The van der Waals surface area contributed by atoms with Crippen molar-refractivity contribution in [1.82, 2.24) is 0 Å². The highest BCUT2D eigenvalue weighted by Crippen LogP contribution is 2.41. The molecular formula is C21H28N2S+2. The fraction of sp³-hybridized carbons (Fsp3) is 0.429. The van der Waals surface area contributed by atoms with E-state index in [-0.39, 0.29) is 0 Å². The number of nitrogens with one attached hydrogen (secondary N) is 2. The second-order valence-electron chi connectivity index (χ2n) is 7.27. The third kappa shape index (κ3) is 3.01. The molecule has 2 aromatic carbocycles. The first-order valence-electron chi connectivity index (χ1n) is 9.29. The van der Waals surface area contributed by atoms with E-state index in [2.05, 4.69) is 56.4 Å². The van der Waals surface area contributed by atoms with Crippen molar-refractivity contribution in [1.29, 1.82) is 0 Å². The molecule has 0 unspecified atom stereocenters. The van der Waals surface area contributed by atoms with Crippen LogP contribution in [0.5, 0.6) is 0 Å². The van der Waals surface area contributed by atoms with E-state index in [0.717, 1.165) is 6.42 Å². The molecule has 2 aliphatic rings. The predicted octanol–water partition coefficient (Wildman–Crippen LogP) is 1.41. The van der Waals surface area contributed by atoms with E-state index in [1.54, 1.807) is 15.4 Å². The Bertz CT molecular complexity index is 720. The summed E-state index contributed by atoms with van der Waals surface area (Å²) in [4.78, 5) is 6.46. The van der Waals surface area contributed by atoms with Gasteiger partial charge in [0.2, 0.25) is 0 Å². The van der Waals surface area contributed by atoms with Crippen LogP contribution in [0.1, 0.15) is 29.7 Å². The first kappa shape index (κ1) is 16.2. The summed E-state index contributed by atoms with van der Waals surface area (Å²) >= 11 is 2.00. The maximum atomic E-state index is 2.40. The van der Waals surface area contributed by atoms with Gasteiger partial charge in [0.1, 0.15) is 32.2 Å². The summed E-state index contributed by atoms with van der Waals surface area (Å²) in [6, 6.07) is 16.6.